The van der Waals surface area contributed by atoms with E-state index in [1.54, 1.807) is 0 Å². The van der Waals surface area contributed by atoms with E-state index in [0.29, 0.717) is 17.9 Å². The molecule has 1 atom stereocenters. The first kappa shape index (κ1) is 20.9. The minimum absolute atomic E-state index is 0.166. The van der Waals surface area contributed by atoms with Crippen molar-refractivity contribution in [3.05, 3.63) is 53.6 Å². The van der Waals surface area contributed by atoms with Crippen molar-refractivity contribution in [2.75, 3.05) is 6.61 Å². The van der Waals surface area contributed by atoms with E-state index in [4.69, 9.17) is 15.2 Å². The van der Waals surface area contributed by atoms with Crippen molar-refractivity contribution >= 4 is 0 Å². The van der Waals surface area contributed by atoms with Crippen LogP contribution in [-0.4, -0.2) is 18.9 Å². The van der Waals surface area contributed by atoms with Crippen LogP contribution in [-0.2, 0) is 4.74 Å². The third-order valence-electron chi connectivity index (χ3n) is 5.77. The number of benzene rings is 2. The van der Waals surface area contributed by atoms with E-state index in [-0.39, 0.29) is 6.23 Å². The Morgan fingerprint density at radius 3 is 2.21 bits per heavy atom. The highest BCUT2D eigenvalue weighted by atomic mass is 16.5. The molecule has 1 fully saturated rings. The Balaban J connectivity index is 1.55. The molecular formula is C25H35NO2. The standard InChI is InChI=1S/C25H35NO2/c1-17(2)21-7-9-22(10-8-21)25-14-13-24(15-18(25)3)27-16-20-5-11-23(12-6-20)28-19(4)26/h7-10,13-15,17,19-20,23H,5-6,11-12,16,26H2,1-4H3. The van der Waals surface area contributed by atoms with Crippen LogP contribution in [0, 0.1) is 12.8 Å². The second-order valence-electron chi connectivity index (χ2n) is 8.55. The molecule has 0 heterocycles. The van der Waals surface area contributed by atoms with E-state index in [2.05, 4.69) is 63.2 Å². The molecule has 0 bridgehead atoms. The summed E-state index contributed by atoms with van der Waals surface area (Å²) in [6, 6.07) is 15.4. The van der Waals surface area contributed by atoms with Gasteiger partial charge in [-0.15, -0.1) is 0 Å². The molecule has 0 amide bonds. The lowest BCUT2D eigenvalue weighted by Gasteiger charge is -2.29. The zero-order valence-electron chi connectivity index (χ0n) is 17.8. The maximum absolute atomic E-state index is 6.12. The predicted molar refractivity (Wildman–Crippen MR) is 117 cm³/mol. The van der Waals surface area contributed by atoms with Gasteiger partial charge in [0.1, 0.15) is 12.0 Å². The summed E-state index contributed by atoms with van der Waals surface area (Å²) < 4.78 is 11.8. The summed E-state index contributed by atoms with van der Waals surface area (Å²) in [6.07, 6.45) is 4.62. The molecule has 0 aliphatic heterocycles. The van der Waals surface area contributed by atoms with Gasteiger partial charge in [0.2, 0.25) is 0 Å². The maximum Gasteiger partial charge on any atom is 0.119 e. The number of aryl methyl sites for hydroxylation is 1. The molecule has 0 aromatic heterocycles. The van der Waals surface area contributed by atoms with Crippen LogP contribution in [0.25, 0.3) is 11.1 Å². The quantitative estimate of drug-likeness (QED) is 0.594. The maximum atomic E-state index is 6.12. The lowest BCUT2D eigenvalue weighted by molar-refractivity contribution is -0.0280. The molecule has 2 aromatic carbocycles. The zero-order valence-corrected chi connectivity index (χ0v) is 17.8. The van der Waals surface area contributed by atoms with Crippen LogP contribution in [0.15, 0.2) is 42.5 Å². The van der Waals surface area contributed by atoms with Crippen LogP contribution in [0.3, 0.4) is 0 Å². The van der Waals surface area contributed by atoms with Gasteiger partial charge in [0.25, 0.3) is 0 Å². The zero-order chi connectivity index (χ0) is 20.1. The van der Waals surface area contributed by atoms with E-state index in [9.17, 15) is 0 Å². The van der Waals surface area contributed by atoms with Crippen molar-refractivity contribution in [3.8, 4) is 16.9 Å². The molecule has 152 valence electrons. The molecular weight excluding hydrogens is 346 g/mol. The first-order chi connectivity index (χ1) is 13.4. The van der Waals surface area contributed by atoms with E-state index in [1.807, 2.05) is 6.92 Å². The summed E-state index contributed by atoms with van der Waals surface area (Å²) >= 11 is 0. The van der Waals surface area contributed by atoms with Crippen molar-refractivity contribution in [1.82, 2.24) is 0 Å². The first-order valence-corrected chi connectivity index (χ1v) is 10.7. The fraction of sp³-hybridized carbons (Fsp3) is 0.520. The Kier molecular flexibility index (Phi) is 7.14. The molecule has 2 N–H and O–H groups in total. The van der Waals surface area contributed by atoms with E-state index < -0.39 is 0 Å². The van der Waals surface area contributed by atoms with Crippen LogP contribution >= 0.6 is 0 Å². The number of rotatable bonds is 7. The van der Waals surface area contributed by atoms with Gasteiger partial charge in [0.05, 0.1) is 12.7 Å². The normalized spacial score (nSPS) is 20.9. The van der Waals surface area contributed by atoms with Crippen LogP contribution < -0.4 is 10.5 Å². The molecule has 28 heavy (non-hydrogen) atoms. The van der Waals surface area contributed by atoms with Crippen LogP contribution in [0.5, 0.6) is 5.75 Å². The van der Waals surface area contributed by atoms with Gasteiger partial charge in [-0.1, -0.05) is 44.2 Å². The molecule has 0 radical (unpaired) electrons. The number of hydrogen-bond donors (Lipinski definition) is 1. The second-order valence-corrected chi connectivity index (χ2v) is 8.55. The molecule has 2 aromatic rings. The van der Waals surface area contributed by atoms with Gasteiger partial charge in [0, 0.05) is 0 Å². The molecule has 3 rings (SSSR count). The molecule has 3 heteroatoms. The molecule has 1 unspecified atom stereocenters. The van der Waals surface area contributed by atoms with E-state index in [1.165, 1.54) is 22.3 Å². The van der Waals surface area contributed by atoms with Gasteiger partial charge < -0.3 is 15.2 Å². The van der Waals surface area contributed by atoms with Gasteiger partial charge >= 0.3 is 0 Å². The molecule has 1 saturated carbocycles. The SMILES string of the molecule is Cc1cc(OCC2CCC(OC(C)N)CC2)ccc1-c1ccc(C(C)C)cc1. The van der Waals surface area contributed by atoms with E-state index in [0.717, 1.165) is 38.0 Å². The summed E-state index contributed by atoms with van der Waals surface area (Å²) in [5.74, 6) is 2.14. The fourth-order valence-electron chi connectivity index (χ4n) is 4.05. The minimum Gasteiger partial charge on any atom is -0.493 e. The average molecular weight is 382 g/mol. The molecule has 0 saturated heterocycles. The van der Waals surface area contributed by atoms with Crippen LogP contribution in [0.1, 0.15) is 63.5 Å². The Labute approximate surface area is 170 Å². The van der Waals surface area contributed by atoms with Crippen LogP contribution in [0.4, 0.5) is 0 Å². The topological polar surface area (TPSA) is 44.5 Å². The highest BCUT2D eigenvalue weighted by molar-refractivity contribution is 5.68. The Morgan fingerprint density at radius 2 is 1.64 bits per heavy atom. The molecule has 3 nitrogen and oxygen atoms in total. The molecule has 1 aliphatic rings. The molecule has 1 aliphatic carbocycles. The van der Waals surface area contributed by atoms with Gasteiger partial charge in [-0.05, 0) is 85.8 Å². The van der Waals surface area contributed by atoms with Crippen molar-refractivity contribution in [3.63, 3.8) is 0 Å². The van der Waals surface area contributed by atoms with Crippen molar-refractivity contribution in [1.29, 1.82) is 0 Å². The third-order valence-corrected chi connectivity index (χ3v) is 5.77. The Bertz CT molecular complexity index is 744. The largest absolute Gasteiger partial charge is 0.493 e. The van der Waals surface area contributed by atoms with Gasteiger partial charge in [0.15, 0.2) is 0 Å². The third kappa shape index (κ3) is 5.59. The second kappa shape index (κ2) is 9.58. The number of ether oxygens (including phenoxy) is 2. The minimum atomic E-state index is -0.166. The highest BCUT2D eigenvalue weighted by Gasteiger charge is 2.23. The first-order valence-electron chi connectivity index (χ1n) is 10.7. The Hall–Kier alpha value is -1.84. The number of hydrogen-bond acceptors (Lipinski definition) is 3. The summed E-state index contributed by atoms with van der Waals surface area (Å²) in [5.41, 5.74) is 10.9. The molecule has 0 spiro atoms. The van der Waals surface area contributed by atoms with Crippen LogP contribution in [0.2, 0.25) is 0 Å². The predicted octanol–water partition coefficient (Wildman–Crippen LogP) is 6.04. The monoisotopic (exact) mass is 381 g/mol. The van der Waals surface area contributed by atoms with Gasteiger partial charge in [-0.3, -0.25) is 0 Å². The summed E-state index contributed by atoms with van der Waals surface area (Å²) in [4.78, 5) is 0. The smallest absolute Gasteiger partial charge is 0.119 e. The van der Waals surface area contributed by atoms with E-state index >= 15 is 0 Å². The highest BCUT2D eigenvalue weighted by Crippen LogP contribution is 2.30. The van der Waals surface area contributed by atoms with Gasteiger partial charge in [-0.25, -0.2) is 0 Å². The van der Waals surface area contributed by atoms with Gasteiger partial charge in [-0.2, -0.15) is 0 Å². The Morgan fingerprint density at radius 1 is 0.964 bits per heavy atom. The van der Waals surface area contributed by atoms with Crippen molar-refractivity contribution in [2.45, 2.75) is 71.6 Å². The lowest BCUT2D eigenvalue weighted by Crippen LogP contribution is -2.31. The number of nitrogens with two attached hydrogens (primary N) is 1. The summed E-state index contributed by atoms with van der Waals surface area (Å²) in [6.45, 7) is 9.30. The summed E-state index contributed by atoms with van der Waals surface area (Å²) in [7, 11) is 0. The average Bonchev–Trinajstić information content (AvgIpc) is 2.67. The summed E-state index contributed by atoms with van der Waals surface area (Å²) in [5, 5.41) is 0. The lowest BCUT2D eigenvalue weighted by atomic mass is 9.88. The fourth-order valence-corrected chi connectivity index (χ4v) is 4.05. The van der Waals surface area contributed by atoms with Crippen molar-refractivity contribution < 1.29 is 9.47 Å². The van der Waals surface area contributed by atoms with Crippen molar-refractivity contribution in [2.24, 2.45) is 11.7 Å².